The summed E-state index contributed by atoms with van der Waals surface area (Å²) in [6.45, 7) is 0.679. The van der Waals surface area contributed by atoms with Crippen molar-refractivity contribution in [1.29, 1.82) is 0 Å². The van der Waals surface area contributed by atoms with E-state index in [1.807, 2.05) is 60.5 Å². The van der Waals surface area contributed by atoms with Gasteiger partial charge in [-0.3, -0.25) is 9.79 Å². The zero-order chi connectivity index (χ0) is 19.6. The Hall–Kier alpha value is -3.22. The van der Waals surface area contributed by atoms with E-state index >= 15 is 0 Å². The fraction of sp³-hybridized carbons (Fsp3) is 0.300. The molecule has 2 aromatic rings. The highest BCUT2D eigenvalue weighted by Crippen LogP contribution is 2.25. The van der Waals surface area contributed by atoms with E-state index < -0.39 is 0 Å². The van der Waals surface area contributed by atoms with Crippen LogP contribution >= 0.6 is 0 Å². The van der Waals surface area contributed by atoms with Gasteiger partial charge in [-0.05, 0) is 24.3 Å². The molecule has 1 amide bonds. The molecule has 0 aliphatic rings. The summed E-state index contributed by atoms with van der Waals surface area (Å²) < 4.78 is 10.7. The predicted molar refractivity (Wildman–Crippen MR) is 107 cm³/mol. The first kappa shape index (κ1) is 20.1. The Kier molecular flexibility index (Phi) is 7.49. The molecule has 0 fully saturated rings. The molecule has 0 radical (unpaired) electrons. The Morgan fingerprint density at radius 1 is 1.11 bits per heavy atom. The summed E-state index contributed by atoms with van der Waals surface area (Å²) in [6, 6.07) is 15.0. The van der Waals surface area contributed by atoms with Crippen LogP contribution in [-0.4, -0.2) is 51.6 Å². The third-order valence-electron chi connectivity index (χ3n) is 3.94. The molecule has 0 spiro atoms. The van der Waals surface area contributed by atoms with Gasteiger partial charge in [0, 0.05) is 38.0 Å². The largest absolute Gasteiger partial charge is 0.497 e. The van der Waals surface area contributed by atoms with Crippen molar-refractivity contribution in [3.05, 3.63) is 54.1 Å². The number of carbonyl (C=O) groups excluding carboxylic acids is 1. The number of hydrogen-bond donors (Lipinski definition) is 2. The van der Waals surface area contributed by atoms with Crippen molar-refractivity contribution in [1.82, 2.24) is 10.2 Å². The van der Waals surface area contributed by atoms with Crippen LogP contribution in [-0.2, 0) is 11.3 Å². The molecule has 0 aromatic heterocycles. The number of guanidine groups is 1. The number of anilines is 1. The highest BCUT2D eigenvalue weighted by molar-refractivity contribution is 5.94. The van der Waals surface area contributed by atoms with Crippen molar-refractivity contribution in [2.45, 2.75) is 6.54 Å². The second-order valence-electron chi connectivity index (χ2n) is 5.85. The minimum Gasteiger partial charge on any atom is -0.497 e. The molecule has 0 unspecified atom stereocenters. The van der Waals surface area contributed by atoms with Crippen molar-refractivity contribution < 1.29 is 14.3 Å². The van der Waals surface area contributed by atoms with Crippen LogP contribution < -0.4 is 20.1 Å². The molecule has 27 heavy (non-hydrogen) atoms. The number of methoxy groups -OCH3 is 2. The maximum absolute atomic E-state index is 12.1. The minimum absolute atomic E-state index is 0.117. The van der Waals surface area contributed by atoms with Crippen LogP contribution in [0.1, 0.15) is 5.56 Å². The summed E-state index contributed by atoms with van der Waals surface area (Å²) in [5, 5.41) is 5.90. The number of ether oxygens (including phenoxy) is 2. The number of nitrogens with zero attached hydrogens (tertiary/aromatic N) is 2. The third-order valence-corrected chi connectivity index (χ3v) is 3.94. The number of nitrogens with one attached hydrogen (secondary N) is 2. The summed E-state index contributed by atoms with van der Waals surface area (Å²) in [5.41, 5.74) is 1.74. The number of benzene rings is 2. The molecule has 0 aliphatic heterocycles. The normalized spacial score (nSPS) is 10.9. The SMILES string of the molecule is CN=C(NCC(=O)Nc1ccccc1)N(C)Cc1ccc(OC)cc1OC. The first-order chi connectivity index (χ1) is 13.1. The van der Waals surface area contributed by atoms with Gasteiger partial charge in [-0.1, -0.05) is 18.2 Å². The minimum atomic E-state index is -0.141. The second kappa shape index (κ2) is 10.1. The average Bonchev–Trinajstić information content (AvgIpc) is 2.69. The molecular weight excluding hydrogens is 344 g/mol. The van der Waals surface area contributed by atoms with Crippen LogP contribution in [0, 0.1) is 0 Å². The van der Waals surface area contributed by atoms with Crippen LogP contribution in [0.5, 0.6) is 11.5 Å². The molecule has 2 N–H and O–H groups in total. The monoisotopic (exact) mass is 370 g/mol. The summed E-state index contributed by atoms with van der Waals surface area (Å²) in [5.74, 6) is 1.94. The van der Waals surface area contributed by atoms with Gasteiger partial charge in [-0.2, -0.15) is 0 Å². The highest BCUT2D eigenvalue weighted by atomic mass is 16.5. The first-order valence-electron chi connectivity index (χ1n) is 8.55. The smallest absolute Gasteiger partial charge is 0.243 e. The number of hydrogen-bond acceptors (Lipinski definition) is 4. The van der Waals surface area contributed by atoms with Gasteiger partial charge in [0.15, 0.2) is 5.96 Å². The summed E-state index contributed by atoms with van der Waals surface area (Å²) in [6.07, 6.45) is 0. The molecule has 2 aromatic carbocycles. The summed E-state index contributed by atoms with van der Waals surface area (Å²) >= 11 is 0. The lowest BCUT2D eigenvalue weighted by Crippen LogP contribution is -2.42. The number of amides is 1. The molecule has 0 atom stereocenters. The van der Waals surface area contributed by atoms with Crippen LogP contribution in [0.25, 0.3) is 0 Å². The van der Waals surface area contributed by atoms with Gasteiger partial charge < -0.3 is 25.0 Å². The lowest BCUT2D eigenvalue weighted by Gasteiger charge is -2.23. The van der Waals surface area contributed by atoms with Crippen molar-refractivity contribution >= 4 is 17.6 Å². The van der Waals surface area contributed by atoms with Crippen molar-refractivity contribution in [3.8, 4) is 11.5 Å². The molecule has 0 bridgehead atoms. The highest BCUT2D eigenvalue weighted by Gasteiger charge is 2.12. The van der Waals surface area contributed by atoms with E-state index in [9.17, 15) is 4.79 Å². The van der Waals surface area contributed by atoms with Gasteiger partial charge in [-0.15, -0.1) is 0 Å². The number of para-hydroxylation sites is 1. The van der Waals surface area contributed by atoms with Crippen molar-refractivity contribution in [2.75, 3.05) is 40.2 Å². The maximum Gasteiger partial charge on any atom is 0.243 e. The lowest BCUT2D eigenvalue weighted by molar-refractivity contribution is -0.115. The molecule has 0 saturated carbocycles. The van der Waals surface area contributed by atoms with E-state index in [4.69, 9.17) is 9.47 Å². The quantitative estimate of drug-likeness (QED) is 0.578. The zero-order valence-corrected chi connectivity index (χ0v) is 16.2. The summed E-state index contributed by atoms with van der Waals surface area (Å²) in [7, 11) is 6.82. The Morgan fingerprint density at radius 3 is 2.48 bits per heavy atom. The van der Waals surface area contributed by atoms with Crippen LogP contribution in [0.4, 0.5) is 5.69 Å². The van der Waals surface area contributed by atoms with Crippen LogP contribution in [0.15, 0.2) is 53.5 Å². The molecule has 144 valence electrons. The van der Waals surface area contributed by atoms with Gasteiger partial charge >= 0.3 is 0 Å². The zero-order valence-electron chi connectivity index (χ0n) is 16.2. The first-order valence-corrected chi connectivity index (χ1v) is 8.55. The van der Waals surface area contributed by atoms with E-state index in [0.29, 0.717) is 12.5 Å². The van der Waals surface area contributed by atoms with Gasteiger partial charge in [0.25, 0.3) is 0 Å². The summed E-state index contributed by atoms with van der Waals surface area (Å²) in [4.78, 5) is 18.3. The standard InChI is InChI=1S/C20H26N4O3/c1-21-20(22-13-19(25)23-16-8-6-5-7-9-16)24(2)14-15-10-11-17(26-3)12-18(15)27-4/h5-12H,13-14H2,1-4H3,(H,21,22)(H,23,25). The predicted octanol–water partition coefficient (Wildman–Crippen LogP) is 2.35. The average molecular weight is 370 g/mol. The van der Waals surface area contributed by atoms with Gasteiger partial charge in [0.1, 0.15) is 11.5 Å². The number of aliphatic imine (C=N–C) groups is 1. The van der Waals surface area contributed by atoms with Crippen molar-refractivity contribution in [2.24, 2.45) is 4.99 Å². The van der Waals surface area contributed by atoms with Gasteiger partial charge in [-0.25, -0.2) is 0 Å². The molecular formula is C20H26N4O3. The third kappa shape index (κ3) is 5.91. The second-order valence-corrected chi connectivity index (χ2v) is 5.85. The van der Waals surface area contributed by atoms with E-state index in [2.05, 4.69) is 15.6 Å². The fourth-order valence-corrected chi connectivity index (χ4v) is 2.58. The topological polar surface area (TPSA) is 75.2 Å². The molecule has 0 heterocycles. The Labute approximate surface area is 160 Å². The number of rotatable bonds is 7. The van der Waals surface area contributed by atoms with Gasteiger partial charge in [0.2, 0.25) is 5.91 Å². The molecule has 0 saturated heterocycles. The Bertz CT molecular complexity index is 778. The van der Waals surface area contributed by atoms with Crippen LogP contribution in [0.3, 0.4) is 0 Å². The van der Waals surface area contributed by atoms with Gasteiger partial charge in [0.05, 0.1) is 20.8 Å². The van der Waals surface area contributed by atoms with E-state index in [-0.39, 0.29) is 12.5 Å². The van der Waals surface area contributed by atoms with E-state index in [0.717, 1.165) is 22.7 Å². The van der Waals surface area contributed by atoms with E-state index in [1.54, 1.807) is 21.3 Å². The molecule has 7 nitrogen and oxygen atoms in total. The molecule has 2 rings (SSSR count). The lowest BCUT2D eigenvalue weighted by atomic mass is 10.2. The maximum atomic E-state index is 12.1. The Balaban J connectivity index is 1.94. The fourth-order valence-electron chi connectivity index (χ4n) is 2.58. The Morgan fingerprint density at radius 2 is 1.85 bits per heavy atom. The molecule has 0 aliphatic carbocycles. The molecule has 7 heteroatoms. The van der Waals surface area contributed by atoms with Crippen molar-refractivity contribution in [3.63, 3.8) is 0 Å². The van der Waals surface area contributed by atoms with Crippen LogP contribution in [0.2, 0.25) is 0 Å². The number of carbonyl (C=O) groups is 1. The van der Waals surface area contributed by atoms with E-state index in [1.165, 1.54) is 0 Å².